The van der Waals surface area contributed by atoms with Gasteiger partial charge in [-0.15, -0.1) is 0 Å². The van der Waals surface area contributed by atoms with Crippen molar-refractivity contribution in [3.05, 3.63) is 0 Å². The molecule has 226 valence electrons. The van der Waals surface area contributed by atoms with Gasteiger partial charge in [-0.25, -0.2) is 0 Å². The van der Waals surface area contributed by atoms with Crippen LogP contribution in [0, 0.1) is 46.3 Å². The highest BCUT2D eigenvalue weighted by molar-refractivity contribution is 5.89. The lowest BCUT2D eigenvalue weighted by Crippen LogP contribution is -2.58. The second kappa shape index (κ2) is 11.4. The highest BCUT2D eigenvalue weighted by Crippen LogP contribution is 2.68. The van der Waals surface area contributed by atoms with Crippen molar-refractivity contribution in [2.75, 3.05) is 0 Å². The monoisotopic (exact) mass is 557 g/mol. The van der Waals surface area contributed by atoms with Crippen molar-refractivity contribution in [1.82, 2.24) is 5.32 Å². The number of rotatable bonds is 11. The molecule has 0 radical (unpaired) electrons. The highest BCUT2D eigenvalue weighted by atomic mass is 16.3. The molecule has 7 nitrogen and oxygen atoms in total. The lowest BCUT2D eigenvalue weighted by molar-refractivity contribution is -0.174. The minimum absolute atomic E-state index is 0.0132. The second-order valence-electron chi connectivity index (χ2n) is 15.3. The van der Waals surface area contributed by atoms with Gasteiger partial charge in [-0.3, -0.25) is 9.59 Å². The zero-order valence-electron chi connectivity index (χ0n) is 25.7. The molecule has 0 aromatic rings. The number of Topliss-reactive ketones (excluding diaryl/α,β-unsaturated/α-hetero) is 1. The zero-order chi connectivity index (χ0) is 28.9. The summed E-state index contributed by atoms with van der Waals surface area (Å²) in [5.74, 6) is 3.01. The summed E-state index contributed by atoms with van der Waals surface area (Å²) in [6, 6.07) is -0.437. The van der Waals surface area contributed by atoms with E-state index in [0.29, 0.717) is 61.2 Å². The molecule has 2 unspecified atom stereocenters. The first-order valence-electron chi connectivity index (χ1n) is 16.5. The van der Waals surface area contributed by atoms with Gasteiger partial charge in [0.2, 0.25) is 5.91 Å². The molecule has 3 N–H and O–H groups in total. The Hall–Kier alpha value is -1.34. The maximum Gasteiger partial charge on any atom is 0.220 e. The molecule has 0 saturated heterocycles. The summed E-state index contributed by atoms with van der Waals surface area (Å²) >= 11 is 0. The predicted molar refractivity (Wildman–Crippen MR) is 155 cm³/mol. The Bertz CT molecular complexity index is 979. The first-order valence-corrected chi connectivity index (χ1v) is 16.5. The van der Waals surface area contributed by atoms with E-state index in [1.807, 2.05) is 13.8 Å². The third-order valence-corrected chi connectivity index (χ3v) is 12.8. The molecule has 0 bridgehead atoms. The first-order chi connectivity index (χ1) is 18.9. The van der Waals surface area contributed by atoms with Crippen LogP contribution in [0.5, 0.6) is 0 Å². The number of fused-ring (bicyclic) bond motifs is 5. The molecular weight excluding hydrogens is 502 g/mol. The summed E-state index contributed by atoms with van der Waals surface area (Å²) in [4.78, 5) is 25.8. The van der Waals surface area contributed by atoms with E-state index in [-0.39, 0.29) is 40.4 Å². The zero-order valence-corrected chi connectivity index (χ0v) is 25.7. The number of hydrogen-bond acceptors (Lipinski definition) is 6. The van der Waals surface area contributed by atoms with E-state index in [9.17, 15) is 19.8 Å². The number of aliphatic hydroxyl groups is 2. The number of carbonyl (C=O) groups excluding carboxylic acids is 2. The summed E-state index contributed by atoms with van der Waals surface area (Å²) in [5.41, 5.74) is 0.0960. The van der Waals surface area contributed by atoms with Crippen LogP contribution in [0.25, 0.3) is 0 Å². The van der Waals surface area contributed by atoms with Crippen molar-refractivity contribution in [2.45, 2.75) is 148 Å². The molecule has 0 spiro atoms. The van der Waals surface area contributed by atoms with Crippen LogP contribution in [-0.4, -0.2) is 45.8 Å². The molecule has 5 rings (SSSR count). The highest BCUT2D eigenvalue weighted by Gasteiger charge is 2.62. The Balaban J connectivity index is 1.18. The molecular formula is C33H55N3O4. The fraction of sp³-hybridized carbons (Fsp3) is 0.939. The Morgan fingerprint density at radius 3 is 2.33 bits per heavy atom. The van der Waals surface area contributed by atoms with Gasteiger partial charge in [0.15, 0.2) is 11.4 Å². The van der Waals surface area contributed by atoms with E-state index in [2.05, 4.69) is 36.3 Å². The van der Waals surface area contributed by atoms with E-state index in [0.717, 1.165) is 38.5 Å². The quantitative estimate of drug-likeness (QED) is 0.280. The Labute approximate surface area is 241 Å². The van der Waals surface area contributed by atoms with Gasteiger partial charge in [0.25, 0.3) is 0 Å². The minimum Gasteiger partial charge on any atom is -0.393 e. The molecule has 11 atom stereocenters. The number of aliphatic hydroxyl groups excluding tert-OH is 2. The third-order valence-electron chi connectivity index (χ3n) is 12.8. The van der Waals surface area contributed by atoms with Crippen LogP contribution in [0.1, 0.15) is 125 Å². The summed E-state index contributed by atoms with van der Waals surface area (Å²) in [6.07, 6.45) is 11.9. The van der Waals surface area contributed by atoms with Crippen molar-refractivity contribution in [2.24, 2.45) is 56.6 Å². The number of nitrogens with zero attached hydrogens (tertiary/aromatic N) is 2. The van der Waals surface area contributed by atoms with Crippen LogP contribution in [0.3, 0.4) is 0 Å². The van der Waals surface area contributed by atoms with Crippen LogP contribution in [0.2, 0.25) is 0 Å². The maximum atomic E-state index is 13.0. The average Bonchev–Trinajstić information content (AvgIpc) is 3.53. The normalized spacial score (nSPS) is 42.7. The van der Waals surface area contributed by atoms with Crippen LogP contribution in [-0.2, 0) is 9.59 Å². The van der Waals surface area contributed by atoms with Gasteiger partial charge >= 0.3 is 0 Å². The van der Waals surface area contributed by atoms with Crippen molar-refractivity contribution in [1.29, 1.82) is 0 Å². The summed E-state index contributed by atoms with van der Waals surface area (Å²) in [5, 5.41) is 33.0. The lowest BCUT2D eigenvalue weighted by Gasteiger charge is -2.62. The van der Waals surface area contributed by atoms with Gasteiger partial charge in [0, 0.05) is 12.8 Å². The van der Waals surface area contributed by atoms with Gasteiger partial charge < -0.3 is 15.5 Å². The fourth-order valence-electron chi connectivity index (χ4n) is 10.3. The number of nitrogens with one attached hydrogen (secondary N) is 1. The van der Waals surface area contributed by atoms with Crippen LogP contribution in [0.15, 0.2) is 10.2 Å². The predicted octanol–water partition coefficient (Wildman–Crippen LogP) is 6.21. The van der Waals surface area contributed by atoms with Gasteiger partial charge in [-0.2, -0.15) is 10.2 Å². The summed E-state index contributed by atoms with van der Waals surface area (Å²) < 4.78 is 0. The van der Waals surface area contributed by atoms with E-state index in [1.165, 1.54) is 25.7 Å². The molecule has 1 amide bonds. The Morgan fingerprint density at radius 1 is 0.925 bits per heavy atom. The average molecular weight is 558 g/mol. The SMILES string of the molecule is CCCC(=O)C(CCC1(C)N=N1)NC(=O)CC[C@@H](C)[C@H]1CC[C@H]2[C@@H]3C(O)C[C@@H]4C[C@H](O)CC[C@]4(C)[C@H]3CC[C@]12C. The third kappa shape index (κ3) is 5.67. The Kier molecular flexibility index (Phi) is 8.58. The molecule has 0 aromatic heterocycles. The first kappa shape index (κ1) is 30.1. The van der Waals surface area contributed by atoms with Gasteiger partial charge in [-0.05, 0) is 130 Å². The molecule has 4 aliphatic carbocycles. The van der Waals surface area contributed by atoms with Crippen molar-refractivity contribution < 1.29 is 19.8 Å². The van der Waals surface area contributed by atoms with Crippen molar-refractivity contribution in [3.8, 4) is 0 Å². The standard InChI is InChI=1S/C33H55N3O4/c1-6-7-27(38)26(14-17-33(5)35-36-33)34-29(40)11-8-20(2)23-9-10-24-30-25(13-16-32(23,24)4)31(3)15-12-22(37)18-21(31)19-28(30)39/h20-26,28,30,37,39H,6-19H2,1-5H3,(H,34,40)/t20-,21+,22-,23-,24+,25+,26?,28?,30+,31+,32-/m1/s1. The van der Waals surface area contributed by atoms with E-state index in [1.54, 1.807) is 0 Å². The van der Waals surface area contributed by atoms with E-state index >= 15 is 0 Å². The number of hydrogen-bond donors (Lipinski definition) is 3. The molecule has 1 heterocycles. The van der Waals surface area contributed by atoms with Gasteiger partial charge in [-0.1, -0.05) is 27.7 Å². The minimum atomic E-state index is -0.437. The van der Waals surface area contributed by atoms with Crippen LogP contribution < -0.4 is 5.32 Å². The molecule has 1 aliphatic heterocycles. The van der Waals surface area contributed by atoms with Gasteiger partial charge in [0.1, 0.15) is 0 Å². The van der Waals surface area contributed by atoms with Crippen molar-refractivity contribution in [3.63, 3.8) is 0 Å². The molecule has 7 heteroatoms. The molecule has 5 aliphatic rings. The molecule has 0 aromatic carbocycles. The summed E-state index contributed by atoms with van der Waals surface area (Å²) in [6.45, 7) is 11.2. The number of ketones is 1. The van der Waals surface area contributed by atoms with Crippen LogP contribution in [0.4, 0.5) is 0 Å². The largest absolute Gasteiger partial charge is 0.393 e. The van der Waals surface area contributed by atoms with Gasteiger partial charge in [0.05, 0.1) is 18.2 Å². The molecule has 40 heavy (non-hydrogen) atoms. The molecule has 4 fully saturated rings. The lowest BCUT2D eigenvalue weighted by atomic mass is 9.43. The molecule has 4 saturated carbocycles. The summed E-state index contributed by atoms with van der Waals surface area (Å²) in [7, 11) is 0. The van der Waals surface area contributed by atoms with Crippen LogP contribution >= 0.6 is 0 Å². The number of carbonyl (C=O) groups is 2. The van der Waals surface area contributed by atoms with E-state index < -0.39 is 6.04 Å². The smallest absolute Gasteiger partial charge is 0.220 e. The van der Waals surface area contributed by atoms with Crippen molar-refractivity contribution >= 4 is 11.7 Å². The Morgan fingerprint density at radius 2 is 1.62 bits per heavy atom. The fourth-order valence-corrected chi connectivity index (χ4v) is 10.3. The number of amides is 1. The van der Waals surface area contributed by atoms with E-state index in [4.69, 9.17) is 0 Å². The maximum absolute atomic E-state index is 13.0. The topological polar surface area (TPSA) is 111 Å². The second-order valence-corrected chi connectivity index (χ2v) is 15.3.